The van der Waals surface area contributed by atoms with Gasteiger partial charge in [0.2, 0.25) is 0 Å². The molecular weight excluding hydrogens is 578 g/mol. The van der Waals surface area contributed by atoms with E-state index in [1.165, 1.54) is 21.2 Å². The minimum Gasteiger partial charge on any atom is -0.741 e. The molecule has 40 heavy (non-hydrogen) atoms. The summed E-state index contributed by atoms with van der Waals surface area (Å²) in [5.41, 5.74) is -3.64. The van der Waals surface area contributed by atoms with Gasteiger partial charge in [0.15, 0.2) is 10.1 Å². The lowest BCUT2D eigenvalue weighted by atomic mass is 10.1. The Kier molecular flexibility index (Phi) is 9.06. The van der Waals surface area contributed by atoms with E-state index in [0.717, 1.165) is 16.3 Å². The molecule has 0 aliphatic carbocycles. The third-order valence-electron chi connectivity index (χ3n) is 5.98. The lowest BCUT2D eigenvalue weighted by Gasteiger charge is -2.27. The minimum atomic E-state index is -6.09. The minimum absolute atomic E-state index is 0.726. The highest BCUT2D eigenvalue weighted by atomic mass is 35.5. The van der Waals surface area contributed by atoms with Gasteiger partial charge in [-0.15, -0.1) is 0 Å². The molecule has 0 saturated heterocycles. The second-order valence-corrected chi connectivity index (χ2v) is 13.7. The smallest absolute Gasteiger partial charge is 0.485 e. The molecule has 0 spiro atoms. The molecule has 1 heterocycles. The molecule has 4 nitrogen and oxygen atoms in total. The number of nitrogens with zero attached hydrogens (tertiary/aromatic N) is 1. The van der Waals surface area contributed by atoms with Crippen LogP contribution in [0.2, 0.25) is 5.02 Å². The first kappa shape index (κ1) is 29.4. The molecule has 4 aromatic carbocycles. The van der Waals surface area contributed by atoms with Gasteiger partial charge in [-0.3, -0.25) is 4.98 Å². The predicted octanol–water partition coefficient (Wildman–Crippen LogP) is 6.07. The van der Waals surface area contributed by atoms with Crippen LogP contribution < -0.4 is 21.2 Å². The fourth-order valence-electron chi connectivity index (χ4n) is 4.26. The maximum Gasteiger partial charge on any atom is 0.485 e. The van der Waals surface area contributed by atoms with E-state index >= 15 is 0 Å². The van der Waals surface area contributed by atoms with Crippen molar-refractivity contribution < 1.29 is 26.1 Å². The third-order valence-corrected chi connectivity index (χ3v) is 11.1. The number of aromatic nitrogens is 1. The Hall–Kier alpha value is -3.55. The zero-order chi connectivity index (χ0) is 28.8. The average molecular weight is 600 g/mol. The van der Waals surface area contributed by atoms with Gasteiger partial charge in [-0.25, -0.2) is 8.42 Å². The molecule has 0 bridgehead atoms. The molecule has 10 heteroatoms. The first-order valence-corrected chi connectivity index (χ1v) is 15.4. The van der Waals surface area contributed by atoms with E-state index in [2.05, 4.69) is 103 Å². The lowest BCUT2D eigenvalue weighted by Crippen LogP contribution is -2.38. The number of hydrogen-bond acceptors (Lipinski definition) is 4. The monoisotopic (exact) mass is 599 g/mol. The van der Waals surface area contributed by atoms with Gasteiger partial charge in [-0.1, -0.05) is 78.3 Å². The molecule has 0 saturated carbocycles. The fourth-order valence-corrected chi connectivity index (χ4v) is 8.63. The van der Waals surface area contributed by atoms with E-state index in [4.69, 9.17) is 29.6 Å². The van der Waals surface area contributed by atoms with Crippen molar-refractivity contribution in [3.8, 4) is 11.3 Å². The number of alkyl halides is 3. The number of rotatable bonds is 5. The molecular formula is C30H22ClF3NO3PS. The van der Waals surface area contributed by atoms with Gasteiger partial charge in [0.1, 0.15) is 28.5 Å². The summed E-state index contributed by atoms with van der Waals surface area (Å²) >= 11 is 6.13. The van der Waals surface area contributed by atoms with Crippen LogP contribution in [0.15, 0.2) is 134 Å². The lowest BCUT2D eigenvalue weighted by molar-refractivity contribution is -0.0517. The van der Waals surface area contributed by atoms with Crippen molar-refractivity contribution in [2.75, 3.05) is 0 Å². The number of hydrogen-bond donors (Lipinski definition) is 0. The van der Waals surface area contributed by atoms with Gasteiger partial charge < -0.3 is 4.55 Å². The molecule has 5 aromatic rings. The van der Waals surface area contributed by atoms with E-state index in [1.54, 1.807) is 0 Å². The average Bonchev–Trinajstić information content (AvgIpc) is 2.95. The van der Waals surface area contributed by atoms with E-state index in [9.17, 15) is 13.2 Å². The predicted molar refractivity (Wildman–Crippen MR) is 155 cm³/mol. The molecule has 1 aromatic heterocycles. The van der Waals surface area contributed by atoms with Crippen LogP contribution in [0.4, 0.5) is 13.2 Å². The van der Waals surface area contributed by atoms with E-state index in [0.29, 0.717) is 0 Å². The van der Waals surface area contributed by atoms with Crippen molar-refractivity contribution in [1.29, 1.82) is 0 Å². The van der Waals surface area contributed by atoms with Crippen molar-refractivity contribution in [3.05, 3.63) is 139 Å². The highest BCUT2D eigenvalue weighted by Crippen LogP contribution is 2.54. The van der Waals surface area contributed by atoms with Gasteiger partial charge in [0, 0.05) is 22.8 Å². The van der Waals surface area contributed by atoms with Crippen LogP contribution in [-0.2, 0) is 10.1 Å². The molecule has 0 N–H and O–H groups in total. The Morgan fingerprint density at radius 2 is 1.05 bits per heavy atom. The van der Waals surface area contributed by atoms with Gasteiger partial charge in [0.05, 0.1) is 5.69 Å². The van der Waals surface area contributed by atoms with Crippen LogP contribution in [0.1, 0.15) is 0 Å². The second-order valence-electron chi connectivity index (χ2n) is 8.48. The summed E-state index contributed by atoms with van der Waals surface area (Å²) in [4.78, 5) is 4.71. The standard InChI is InChI=1S/C29H22ClNP.CHF3O3S/c30-24-18-16-23(17-19-24)29-22-28(20-21-31-29)32(25-10-4-1-5-11-25,26-12-6-2-7-13-26)27-14-8-3-9-15-27;2-1(3,4)8(5,6)7/h1-22H;(H,5,6,7)/q+1;/p-1. The first-order chi connectivity index (χ1) is 19.0. The first-order valence-electron chi connectivity index (χ1n) is 11.8. The summed E-state index contributed by atoms with van der Waals surface area (Å²) in [6.07, 6.45) is 1.93. The molecule has 5 rings (SSSR count). The molecule has 0 aliphatic rings. The normalized spacial score (nSPS) is 11.8. The van der Waals surface area contributed by atoms with E-state index in [-0.39, 0.29) is 0 Å². The van der Waals surface area contributed by atoms with Crippen molar-refractivity contribution in [3.63, 3.8) is 0 Å². The Balaban J connectivity index is 0.000000406. The molecule has 0 unspecified atom stereocenters. The summed E-state index contributed by atoms with van der Waals surface area (Å²) in [7, 11) is -8.22. The molecule has 0 aliphatic heterocycles. The maximum absolute atomic E-state index is 10.7. The Labute approximate surface area is 236 Å². The topological polar surface area (TPSA) is 70.1 Å². The Morgan fingerprint density at radius 3 is 1.43 bits per heavy atom. The summed E-state index contributed by atoms with van der Waals surface area (Å²) in [5.74, 6) is 0. The second kappa shape index (κ2) is 12.3. The zero-order valence-electron chi connectivity index (χ0n) is 20.7. The van der Waals surface area contributed by atoms with E-state index in [1.807, 2.05) is 30.5 Å². The molecule has 0 radical (unpaired) electrons. The van der Waals surface area contributed by atoms with E-state index < -0.39 is 22.9 Å². The number of pyridine rings is 1. The van der Waals surface area contributed by atoms with Crippen molar-refractivity contribution in [1.82, 2.24) is 4.98 Å². The van der Waals surface area contributed by atoms with Crippen molar-refractivity contribution in [2.45, 2.75) is 5.51 Å². The van der Waals surface area contributed by atoms with Crippen LogP contribution in [0.5, 0.6) is 0 Å². The van der Waals surface area contributed by atoms with Crippen LogP contribution >= 0.6 is 18.9 Å². The van der Waals surface area contributed by atoms with Gasteiger partial charge >= 0.3 is 5.51 Å². The van der Waals surface area contributed by atoms with Crippen LogP contribution in [-0.4, -0.2) is 23.5 Å². The summed E-state index contributed by atoms with van der Waals surface area (Å²) in [5, 5.41) is 5.98. The third kappa shape index (κ3) is 6.43. The molecule has 0 fully saturated rings. The summed E-state index contributed by atoms with van der Waals surface area (Å²) < 4.78 is 58.9. The Bertz CT molecular complexity index is 1560. The van der Waals surface area contributed by atoms with Crippen molar-refractivity contribution >= 4 is 50.2 Å². The Morgan fingerprint density at radius 1 is 0.650 bits per heavy atom. The quantitative estimate of drug-likeness (QED) is 0.140. The SMILES string of the molecule is Clc1ccc(-c2cc([P+](c3ccccc3)(c3ccccc3)c3ccccc3)ccn2)cc1.O=S(=O)([O-])C(F)(F)F. The molecule has 0 atom stereocenters. The van der Waals surface area contributed by atoms with Gasteiger partial charge in [-0.05, 0) is 54.6 Å². The van der Waals surface area contributed by atoms with Crippen LogP contribution in [0, 0.1) is 0 Å². The highest BCUT2D eigenvalue weighted by molar-refractivity contribution is 8.01. The van der Waals surface area contributed by atoms with Gasteiger partial charge in [-0.2, -0.15) is 13.2 Å². The molecule has 204 valence electrons. The molecule has 0 amide bonds. The zero-order valence-corrected chi connectivity index (χ0v) is 23.2. The number of benzene rings is 4. The highest BCUT2D eigenvalue weighted by Gasteiger charge is 2.48. The summed E-state index contributed by atoms with van der Waals surface area (Å²) in [6.45, 7) is 0. The fraction of sp³-hybridized carbons (Fsp3) is 0.0333. The maximum atomic E-state index is 10.7. The van der Waals surface area contributed by atoms with Gasteiger partial charge in [0.25, 0.3) is 0 Å². The van der Waals surface area contributed by atoms with Crippen LogP contribution in [0.25, 0.3) is 11.3 Å². The number of halogens is 4. The largest absolute Gasteiger partial charge is 0.741 e. The van der Waals surface area contributed by atoms with Crippen LogP contribution in [0.3, 0.4) is 0 Å². The van der Waals surface area contributed by atoms with Crippen molar-refractivity contribution in [2.24, 2.45) is 0 Å². The summed E-state index contributed by atoms with van der Waals surface area (Å²) in [6, 6.07) is 45.0.